The fourth-order valence-electron chi connectivity index (χ4n) is 4.52. The highest BCUT2D eigenvalue weighted by Gasteiger charge is 2.40. The lowest BCUT2D eigenvalue weighted by atomic mass is 9.84. The van der Waals surface area contributed by atoms with Crippen molar-refractivity contribution in [3.63, 3.8) is 0 Å². The topological polar surface area (TPSA) is 93.2 Å². The van der Waals surface area contributed by atoms with E-state index in [1.165, 1.54) is 58.2 Å². The fourth-order valence-corrected chi connectivity index (χ4v) is 4.52. The minimum Gasteiger partial charge on any atom is -0.388 e. The number of hydrogen-bond donors (Lipinski definition) is 1. The molecule has 2 aromatic carbocycles. The van der Waals surface area contributed by atoms with E-state index in [9.17, 15) is 23.5 Å². The molecule has 10 heteroatoms. The molecule has 4 aromatic rings. The summed E-state index contributed by atoms with van der Waals surface area (Å²) in [6.45, 7) is 2.34. The Kier molecular flexibility index (Phi) is 5.68. The van der Waals surface area contributed by atoms with Crippen molar-refractivity contribution in [3.05, 3.63) is 88.6 Å². The Bertz CT molecular complexity index is 1440. The van der Waals surface area contributed by atoms with Crippen LogP contribution >= 0.6 is 0 Å². The summed E-state index contributed by atoms with van der Waals surface area (Å²) in [5, 5.41) is 15.9. The summed E-state index contributed by atoms with van der Waals surface area (Å²) < 4.78 is 29.3. The number of rotatable bonds is 4. The normalized spacial score (nSPS) is 16.4. The van der Waals surface area contributed by atoms with Crippen LogP contribution in [0.25, 0.3) is 16.7 Å². The van der Waals surface area contributed by atoms with Gasteiger partial charge in [-0.3, -0.25) is 14.2 Å². The van der Waals surface area contributed by atoms with Crippen molar-refractivity contribution in [1.82, 2.24) is 24.2 Å². The van der Waals surface area contributed by atoms with Crippen molar-refractivity contribution in [3.8, 4) is 5.69 Å². The van der Waals surface area contributed by atoms with Crippen molar-refractivity contribution in [2.45, 2.75) is 31.4 Å². The first-order valence-corrected chi connectivity index (χ1v) is 11.2. The van der Waals surface area contributed by atoms with Gasteiger partial charge in [-0.1, -0.05) is 0 Å². The molecule has 1 aliphatic rings. The first kappa shape index (κ1) is 22.9. The Morgan fingerprint density at radius 1 is 1.03 bits per heavy atom. The maximum Gasteiger partial charge on any atom is 0.264 e. The third kappa shape index (κ3) is 4.10. The Hall–Kier alpha value is -3.92. The van der Waals surface area contributed by atoms with Gasteiger partial charge in [0, 0.05) is 18.7 Å². The van der Waals surface area contributed by atoms with E-state index in [0.29, 0.717) is 30.0 Å². The van der Waals surface area contributed by atoms with Gasteiger partial charge in [0.05, 0.1) is 23.5 Å². The van der Waals surface area contributed by atoms with Crippen LogP contribution in [0.1, 0.15) is 36.2 Å². The zero-order valence-electron chi connectivity index (χ0n) is 18.9. The third-order valence-corrected chi connectivity index (χ3v) is 6.79. The third-order valence-electron chi connectivity index (χ3n) is 6.79. The van der Waals surface area contributed by atoms with Gasteiger partial charge >= 0.3 is 0 Å². The van der Waals surface area contributed by atoms with Gasteiger partial charge in [-0.15, -0.1) is 0 Å². The maximum atomic E-state index is 13.3. The summed E-state index contributed by atoms with van der Waals surface area (Å²) >= 11 is 0. The smallest absolute Gasteiger partial charge is 0.264 e. The monoisotopic (exact) mass is 479 g/mol. The number of piperidine rings is 1. The zero-order valence-corrected chi connectivity index (χ0v) is 18.9. The van der Waals surface area contributed by atoms with E-state index >= 15 is 0 Å². The number of nitrogens with zero attached hydrogens (tertiary/aromatic N) is 5. The van der Waals surface area contributed by atoms with Crippen LogP contribution in [0.2, 0.25) is 0 Å². The summed E-state index contributed by atoms with van der Waals surface area (Å²) in [7, 11) is 0. The lowest BCUT2D eigenvalue weighted by molar-refractivity contribution is -0.0523. The summed E-state index contributed by atoms with van der Waals surface area (Å²) in [6.07, 6.45) is 3.32. The Balaban J connectivity index is 1.36. The van der Waals surface area contributed by atoms with Gasteiger partial charge in [-0.05, 0) is 68.3 Å². The Morgan fingerprint density at radius 3 is 2.26 bits per heavy atom. The van der Waals surface area contributed by atoms with E-state index < -0.39 is 17.5 Å². The first-order chi connectivity index (χ1) is 16.8. The number of halogens is 2. The van der Waals surface area contributed by atoms with Crippen LogP contribution < -0.4 is 5.56 Å². The molecule has 180 valence electrons. The van der Waals surface area contributed by atoms with E-state index in [-0.39, 0.29) is 35.5 Å². The predicted octanol–water partition coefficient (Wildman–Crippen LogP) is 3.09. The van der Waals surface area contributed by atoms with Gasteiger partial charge in [0.2, 0.25) is 0 Å². The van der Waals surface area contributed by atoms with Crippen molar-refractivity contribution in [2.24, 2.45) is 0 Å². The largest absolute Gasteiger partial charge is 0.388 e. The molecule has 1 fully saturated rings. The minimum absolute atomic E-state index is 0.229. The molecule has 0 saturated carbocycles. The molecule has 1 aliphatic heterocycles. The minimum atomic E-state index is -1.23. The molecule has 5 rings (SSSR count). The SMILES string of the molecule is C[C@@H](n1cnc2c(cnn2-c2ccc(F)cc2)c1=O)C1(O)CCN(C(=O)c2ccc(F)cc2)CC1. The van der Waals surface area contributed by atoms with Crippen molar-refractivity contribution < 1.29 is 18.7 Å². The van der Waals surface area contributed by atoms with Crippen molar-refractivity contribution in [1.29, 1.82) is 0 Å². The van der Waals surface area contributed by atoms with Gasteiger partial charge in [0.15, 0.2) is 5.65 Å². The summed E-state index contributed by atoms with van der Waals surface area (Å²) in [4.78, 5) is 32.0. The number of fused-ring (bicyclic) bond motifs is 1. The van der Waals surface area contributed by atoms with Crippen molar-refractivity contribution >= 4 is 16.9 Å². The van der Waals surface area contributed by atoms with Gasteiger partial charge in [0.1, 0.15) is 23.3 Å². The Labute approximate surface area is 199 Å². The number of benzene rings is 2. The number of aromatic nitrogens is 4. The molecule has 1 saturated heterocycles. The Morgan fingerprint density at radius 2 is 1.63 bits per heavy atom. The van der Waals surface area contributed by atoms with Crippen LogP contribution in [0.4, 0.5) is 8.78 Å². The van der Waals surface area contributed by atoms with Crippen LogP contribution in [0.5, 0.6) is 0 Å². The fraction of sp³-hybridized carbons (Fsp3) is 0.280. The molecular weight excluding hydrogens is 456 g/mol. The molecule has 0 unspecified atom stereocenters. The second-order valence-corrected chi connectivity index (χ2v) is 8.81. The molecule has 0 spiro atoms. The number of carbonyl (C=O) groups excluding carboxylic acids is 1. The molecule has 3 heterocycles. The van der Waals surface area contributed by atoms with E-state index in [0.717, 1.165) is 0 Å². The van der Waals surface area contributed by atoms with Gasteiger partial charge in [-0.2, -0.15) is 5.10 Å². The molecule has 35 heavy (non-hydrogen) atoms. The van der Waals surface area contributed by atoms with E-state index in [1.54, 1.807) is 24.0 Å². The number of amides is 1. The van der Waals surface area contributed by atoms with E-state index in [2.05, 4.69) is 10.1 Å². The van der Waals surface area contributed by atoms with Gasteiger partial charge in [-0.25, -0.2) is 18.4 Å². The van der Waals surface area contributed by atoms with Gasteiger partial charge in [0.25, 0.3) is 11.5 Å². The second kappa shape index (κ2) is 8.70. The molecule has 0 aliphatic carbocycles. The van der Waals surface area contributed by atoms with E-state index in [1.807, 2.05) is 0 Å². The number of aliphatic hydroxyl groups is 1. The van der Waals surface area contributed by atoms with E-state index in [4.69, 9.17) is 0 Å². The van der Waals surface area contributed by atoms with Gasteiger partial charge < -0.3 is 10.0 Å². The highest BCUT2D eigenvalue weighted by Crippen LogP contribution is 2.33. The summed E-state index contributed by atoms with van der Waals surface area (Å²) in [5.41, 5.74) is -0.304. The predicted molar refractivity (Wildman–Crippen MR) is 124 cm³/mol. The molecular formula is C25H23F2N5O3. The zero-order chi connectivity index (χ0) is 24.7. The highest BCUT2D eigenvalue weighted by atomic mass is 19.1. The lowest BCUT2D eigenvalue weighted by Crippen LogP contribution is -2.51. The average Bonchev–Trinajstić information content (AvgIpc) is 3.30. The van der Waals surface area contributed by atoms with Crippen LogP contribution in [0.3, 0.4) is 0 Å². The van der Waals surface area contributed by atoms with Crippen LogP contribution in [-0.2, 0) is 0 Å². The second-order valence-electron chi connectivity index (χ2n) is 8.81. The molecule has 1 atom stereocenters. The molecule has 2 aromatic heterocycles. The molecule has 1 N–H and O–H groups in total. The quantitative estimate of drug-likeness (QED) is 0.486. The molecule has 0 bridgehead atoms. The van der Waals surface area contributed by atoms with Crippen molar-refractivity contribution in [2.75, 3.05) is 13.1 Å². The molecule has 0 radical (unpaired) electrons. The maximum absolute atomic E-state index is 13.3. The highest BCUT2D eigenvalue weighted by molar-refractivity contribution is 5.94. The van der Waals surface area contributed by atoms with Crippen LogP contribution in [-0.4, -0.2) is 53.9 Å². The number of carbonyl (C=O) groups is 1. The average molecular weight is 479 g/mol. The summed E-state index contributed by atoms with van der Waals surface area (Å²) in [6, 6.07) is 10.4. The lowest BCUT2D eigenvalue weighted by Gasteiger charge is -2.42. The van der Waals surface area contributed by atoms with Crippen LogP contribution in [0.15, 0.2) is 65.8 Å². The number of likely N-dealkylation sites (tertiary alicyclic amines) is 1. The first-order valence-electron chi connectivity index (χ1n) is 11.2. The van der Waals surface area contributed by atoms with Crippen LogP contribution in [0, 0.1) is 11.6 Å². The molecule has 1 amide bonds. The molecule has 8 nitrogen and oxygen atoms in total. The number of hydrogen-bond acceptors (Lipinski definition) is 5. The summed E-state index contributed by atoms with van der Waals surface area (Å²) in [5.74, 6) is -1.02. The standard InChI is InChI=1S/C25H23F2N5O3/c1-16(25(35)10-12-30(13-11-25)23(33)17-2-4-18(26)5-3-17)31-15-28-22-21(24(31)34)14-29-32(22)20-8-6-19(27)7-9-20/h2-9,14-16,35H,10-13H2,1H3/t16-/m1/s1.